The van der Waals surface area contributed by atoms with E-state index >= 15 is 0 Å². The summed E-state index contributed by atoms with van der Waals surface area (Å²) in [5.74, 6) is 0.270. The van der Waals surface area contributed by atoms with Gasteiger partial charge in [0.05, 0.1) is 5.69 Å². The minimum atomic E-state index is -3.62. The molecule has 0 saturated carbocycles. The minimum Gasteiger partial charge on any atom is -0.396 e. The Bertz CT molecular complexity index is 507. The first-order valence-electron chi connectivity index (χ1n) is 5.35. The van der Waals surface area contributed by atoms with Gasteiger partial charge in [-0.3, -0.25) is 4.72 Å². The van der Waals surface area contributed by atoms with Crippen LogP contribution in [-0.4, -0.2) is 43.0 Å². The van der Waals surface area contributed by atoms with Gasteiger partial charge in [0.1, 0.15) is 5.82 Å². The van der Waals surface area contributed by atoms with Gasteiger partial charge in [0, 0.05) is 24.7 Å². The number of hydrogen-bond acceptors (Lipinski definition) is 4. The molecular weight excluding hydrogens is 322 g/mol. The fraction of sp³-hybridized carbons (Fsp3) is 0.500. The molecule has 18 heavy (non-hydrogen) atoms. The maximum Gasteiger partial charge on any atom is 0.302 e. The predicted octanol–water partition coefficient (Wildman–Crippen LogP) is 1.12. The number of nitrogens with zero attached hydrogens (tertiary/aromatic N) is 2. The lowest BCUT2D eigenvalue weighted by Gasteiger charge is -2.17. The summed E-state index contributed by atoms with van der Waals surface area (Å²) in [5, 5.41) is 8.68. The predicted molar refractivity (Wildman–Crippen MR) is 73.5 cm³/mol. The highest BCUT2D eigenvalue weighted by molar-refractivity contribution is 9.10. The van der Waals surface area contributed by atoms with Crippen molar-refractivity contribution in [1.29, 1.82) is 0 Å². The van der Waals surface area contributed by atoms with Gasteiger partial charge in [0.2, 0.25) is 0 Å². The number of aliphatic hydroxyl groups excluding tert-OH is 1. The summed E-state index contributed by atoms with van der Waals surface area (Å²) in [4.78, 5) is 4.11. The van der Waals surface area contributed by atoms with Gasteiger partial charge in [-0.15, -0.1) is 0 Å². The molecule has 1 aromatic heterocycles. The molecule has 0 radical (unpaired) electrons. The average Bonchev–Trinajstić information content (AvgIpc) is 2.30. The average molecular weight is 338 g/mol. The monoisotopic (exact) mass is 337 g/mol. The van der Waals surface area contributed by atoms with Crippen LogP contribution in [0.15, 0.2) is 16.6 Å². The molecule has 0 bridgehead atoms. The van der Waals surface area contributed by atoms with Crippen LogP contribution >= 0.6 is 15.9 Å². The number of halogens is 1. The van der Waals surface area contributed by atoms with Gasteiger partial charge in [-0.1, -0.05) is 0 Å². The van der Waals surface area contributed by atoms with Crippen molar-refractivity contribution in [2.45, 2.75) is 13.3 Å². The molecule has 6 nitrogen and oxygen atoms in total. The van der Waals surface area contributed by atoms with Gasteiger partial charge >= 0.3 is 10.2 Å². The number of anilines is 1. The lowest BCUT2D eigenvalue weighted by molar-refractivity contribution is 0.276. The van der Waals surface area contributed by atoms with Gasteiger partial charge in [0.15, 0.2) is 0 Å². The molecule has 0 aromatic carbocycles. The third-order valence-electron chi connectivity index (χ3n) is 2.30. The molecule has 0 atom stereocenters. The van der Waals surface area contributed by atoms with Crippen molar-refractivity contribution in [3.05, 3.63) is 22.3 Å². The van der Waals surface area contributed by atoms with Crippen LogP contribution in [0.25, 0.3) is 0 Å². The van der Waals surface area contributed by atoms with E-state index in [2.05, 4.69) is 25.6 Å². The van der Waals surface area contributed by atoms with Crippen LogP contribution < -0.4 is 4.72 Å². The highest BCUT2D eigenvalue weighted by Gasteiger charge is 2.17. The van der Waals surface area contributed by atoms with E-state index in [-0.39, 0.29) is 19.0 Å². The number of nitrogens with one attached hydrogen (secondary N) is 1. The number of pyridine rings is 1. The van der Waals surface area contributed by atoms with Gasteiger partial charge in [-0.05, 0) is 41.4 Å². The number of hydrogen-bond donors (Lipinski definition) is 2. The Morgan fingerprint density at radius 2 is 2.17 bits per heavy atom. The Hall–Kier alpha value is -0.700. The molecule has 1 aromatic rings. The fourth-order valence-electron chi connectivity index (χ4n) is 1.22. The van der Waals surface area contributed by atoms with Crippen LogP contribution in [0.2, 0.25) is 0 Å². The van der Waals surface area contributed by atoms with E-state index < -0.39 is 10.2 Å². The van der Waals surface area contributed by atoms with Crippen LogP contribution in [0.3, 0.4) is 0 Å². The van der Waals surface area contributed by atoms with E-state index in [4.69, 9.17) is 5.11 Å². The molecule has 8 heteroatoms. The SMILES string of the molecule is Cc1nc(NS(=O)(=O)N(C)CCCO)ccc1Br. The molecule has 0 unspecified atom stereocenters. The number of aliphatic hydroxyl groups is 1. The van der Waals surface area contributed by atoms with E-state index in [0.717, 1.165) is 8.78 Å². The summed E-state index contributed by atoms with van der Waals surface area (Å²) in [6, 6.07) is 3.31. The maximum atomic E-state index is 11.9. The summed E-state index contributed by atoms with van der Waals surface area (Å²) in [6.45, 7) is 1.98. The molecule has 102 valence electrons. The summed E-state index contributed by atoms with van der Waals surface area (Å²) in [6.07, 6.45) is 0.393. The third kappa shape index (κ3) is 4.20. The summed E-state index contributed by atoms with van der Waals surface area (Å²) in [5.41, 5.74) is 0.702. The fourth-order valence-corrected chi connectivity index (χ4v) is 2.35. The second-order valence-corrected chi connectivity index (χ2v) is 6.40. The van der Waals surface area contributed by atoms with Gasteiger partial charge in [0.25, 0.3) is 0 Å². The van der Waals surface area contributed by atoms with Gasteiger partial charge < -0.3 is 5.11 Å². The minimum absolute atomic E-state index is 0.0461. The zero-order chi connectivity index (χ0) is 13.8. The van der Waals surface area contributed by atoms with Crippen molar-refractivity contribution < 1.29 is 13.5 Å². The molecule has 0 saturated heterocycles. The molecule has 2 N–H and O–H groups in total. The number of aryl methyl sites for hydroxylation is 1. The Labute approximate surface area is 115 Å². The molecule has 0 aliphatic heterocycles. The lowest BCUT2D eigenvalue weighted by Crippen LogP contribution is -2.33. The Kier molecular flexibility index (Phi) is 5.51. The highest BCUT2D eigenvalue weighted by atomic mass is 79.9. The Balaban J connectivity index is 2.78. The van der Waals surface area contributed by atoms with Crippen molar-refractivity contribution in [3.63, 3.8) is 0 Å². The van der Waals surface area contributed by atoms with Crippen molar-refractivity contribution >= 4 is 32.0 Å². The van der Waals surface area contributed by atoms with E-state index in [0.29, 0.717) is 12.1 Å². The summed E-state index contributed by atoms with van der Waals surface area (Å²) >= 11 is 3.29. The molecule has 1 rings (SSSR count). The zero-order valence-electron chi connectivity index (χ0n) is 10.2. The normalized spacial score (nSPS) is 11.8. The van der Waals surface area contributed by atoms with E-state index in [1.165, 1.54) is 7.05 Å². The van der Waals surface area contributed by atoms with E-state index in [9.17, 15) is 8.42 Å². The molecule has 0 fully saturated rings. The van der Waals surface area contributed by atoms with Crippen LogP contribution in [0.1, 0.15) is 12.1 Å². The smallest absolute Gasteiger partial charge is 0.302 e. The molecule has 1 heterocycles. The lowest BCUT2D eigenvalue weighted by atomic mass is 10.4. The first-order valence-corrected chi connectivity index (χ1v) is 7.58. The molecule has 0 amide bonds. The van der Waals surface area contributed by atoms with Crippen molar-refractivity contribution in [2.75, 3.05) is 24.9 Å². The second-order valence-electron chi connectivity index (χ2n) is 3.77. The first-order chi connectivity index (χ1) is 8.36. The highest BCUT2D eigenvalue weighted by Crippen LogP contribution is 2.17. The Morgan fingerprint density at radius 1 is 1.50 bits per heavy atom. The molecule has 0 aliphatic carbocycles. The number of rotatable bonds is 6. The van der Waals surface area contributed by atoms with Crippen LogP contribution in [0.4, 0.5) is 5.82 Å². The van der Waals surface area contributed by atoms with Crippen LogP contribution in [0.5, 0.6) is 0 Å². The number of aromatic nitrogens is 1. The van der Waals surface area contributed by atoms with Crippen LogP contribution in [-0.2, 0) is 10.2 Å². The molecule has 0 aliphatic rings. The molecular formula is C10H16BrN3O3S. The quantitative estimate of drug-likeness (QED) is 0.814. The Morgan fingerprint density at radius 3 is 2.72 bits per heavy atom. The van der Waals surface area contributed by atoms with Crippen LogP contribution in [0, 0.1) is 6.92 Å². The second kappa shape index (κ2) is 6.46. The van der Waals surface area contributed by atoms with E-state index in [1.807, 2.05) is 0 Å². The standard InChI is InChI=1S/C10H16BrN3O3S/c1-8-9(11)4-5-10(12-8)13-18(16,17)14(2)6-3-7-15/h4-5,15H,3,6-7H2,1-2H3,(H,12,13). The summed E-state index contributed by atoms with van der Waals surface area (Å²) in [7, 11) is -2.17. The van der Waals surface area contributed by atoms with Crippen molar-refractivity contribution in [3.8, 4) is 0 Å². The maximum absolute atomic E-state index is 11.9. The van der Waals surface area contributed by atoms with Crippen molar-refractivity contribution in [1.82, 2.24) is 9.29 Å². The topological polar surface area (TPSA) is 82.5 Å². The van der Waals surface area contributed by atoms with Gasteiger partial charge in [-0.25, -0.2) is 4.98 Å². The first kappa shape index (κ1) is 15.4. The zero-order valence-corrected chi connectivity index (χ0v) is 12.6. The van der Waals surface area contributed by atoms with Gasteiger partial charge in [-0.2, -0.15) is 12.7 Å². The largest absolute Gasteiger partial charge is 0.396 e. The summed E-state index contributed by atoms with van der Waals surface area (Å²) < 4.78 is 28.1. The third-order valence-corrected chi connectivity index (χ3v) is 4.60. The van der Waals surface area contributed by atoms with E-state index in [1.54, 1.807) is 19.1 Å². The van der Waals surface area contributed by atoms with Crippen molar-refractivity contribution in [2.24, 2.45) is 0 Å². The molecule has 0 spiro atoms.